The Morgan fingerprint density at radius 1 is 1.27 bits per heavy atom. The van der Waals surface area contributed by atoms with E-state index in [1.165, 1.54) is 11.8 Å². The van der Waals surface area contributed by atoms with E-state index in [-0.39, 0.29) is 36.3 Å². The molecule has 0 aromatic heterocycles. The molecule has 136 valence electrons. The summed E-state index contributed by atoms with van der Waals surface area (Å²) in [6.45, 7) is 0. The molecule has 1 aromatic rings. The topological polar surface area (TPSA) is 113 Å². The van der Waals surface area contributed by atoms with Gasteiger partial charge in [-0.1, -0.05) is 6.07 Å². The predicted molar refractivity (Wildman–Crippen MR) is 92.5 cm³/mol. The van der Waals surface area contributed by atoms with Crippen LogP contribution in [0.2, 0.25) is 0 Å². The predicted octanol–water partition coefficient (Wildman–Crippen LogP) is 0.316. The van der Waals surface area contributed by atoms with Crippen molar-refractivity contribution in [3.63, 3.8) is 0 Å². The van der Waals surface area contributed by atoms with Crippen LogP contribution in [-0.4, -0.2) is 53.3 Å². The highest BCUT2D eigenvalue weighted by atomic mass is 32.2. The lowest BCUT2D eigenvalue weighted by Crippen LogP contribution is -2.54. The van der Waals surface area contributed by atoms with Crippen LogP contribution in [0.1, 0.15) is 40.0 Å². The minimum Gasteiger partial charge on any atom is -0.359 e. The molecule has 2 heterocycles. The molecule has 0 saturated carbocycles. The Kier molecular flexibility index (Phi) is 5.08. The highest BCUT2D eigenvalue weighted by Crippen LogP contribution is 2.34. The number of benzene rings is 1. The van der Waals surface area contributed by atoms with Crippen molar-refractivity contribution in [3.05, 3.63) is 29.3 Å². The number of fused-ring (bicyclic) bond motifs is 1. The van der Waals surface area contributed by atoms with Crippen molar-refractivity contribution in [2.24, 2.45) is 0 Å². The summed E-state index contributed by atoms with van der Waals surface area (Å²) in [5.74, 6) is -1.78. The molecule has 8 nitrogen and oxygen atoms in total. The van der Waals surface area contributed by atoms with E-state index >= 15 is 0 Å². The van der Waals surface area contributed by atoms with Gasteiger partial charge < -0.3 is 5.32 Å². The van der Waals surface area contributed by atoms with Crippen LogP contribution in [-0.2, 0) is 14.4 Å². The van der Waals surface area contributed by atoms with E-state index in [1.807, 2.05) is 0 Å². The minimum atomic E-state index is -0.983. The molecule has 1 atom stereocenters. The van der Waals surface area contributed by atoms with Crippen molar-refractivity contribution < 1.29 is 24.0 Å². The van der Waals surface area contributed by atoms with Gasteiger partial charge in [0.25, 0.3) is 11.8 Å². The number of nitrogens with one attached hydrogen (secondary N) is 2. The Morgan fingerprint density at radius 2 is 2.04 bits per heavy atom. The summed E-state index contributed by atoms with van der Waals surface area (Å²) in [5.41, 5.74) is 0.494. The number of piperidine rings is 1. The van der Waals surface area contributed by atoms with Crippen LogP contribution >= 0.6 is 11.8 Å². The van der Waals surface area contributed by atoms with Crippen LogP contribution in [0.25, 0.3) is 0 Å². The zero-order valence-corrected chi connectivity index (χ0v) is 14.9. The third-order valence-electron chi connectivity index (χ3n) is 4.30. The maximum Gasteiger partial charge on any atom is 0.263 e. The average Bonchev–Trinajstić information content (AvgIpc) is 2.87. The SMILES string of the molecule is CNC(=O)CCSc1cccc2c1C(=O)N(C1CCC(=O)NC1=O)C2=O. The number of hydrogen-bond donors (Lipinski definition) is 2. The van der Waals surface area contributed by atoms with Gasteiger partial charge in [-0.3, -0.25) is 34.2 Å². The first-order valence-corrected chi connectivity index (χ1v) is 9.10. The molecule has 1 unspecified atom stereocenters. The molecule has 2 aliphatic heterocycles. The van der Waals surface area contributed by atoms with Crippen molar-refractivity contribution in [2.45, 2.75) is 30.2 Å². The molecule has 1 aromatic carbocycles. The minimum absolute atomic E-state index is 0.0809. The standard InChI is InChI=1S/C17H17N3O5S/c1-18-12(21)7-8-26-11-4-2-3-9-14(11)17(25)20(16(9)24)10-5-6-13(22)19-15(10)23/h2-4,10H,5-8H2,1H3,(H,18,21)(H,19,22,23). The molecule has 5 amide bonds. The molecule has 1 saturated heterocycles. The van der Waals surface area contributed by atoms with Crippen LogP contribution in [0, 0.1) is 0 Å². The molecular formula is C17H17N3O5S. The zero-order chi connectivity index (χ0) is 18.8. The van der Waals surface area contributed by atoms with E-state index in [4.69, 9.17) is 0 Å². The fourth-order valence-electron chi connectivity index (χ4n) is 2.98. The average molecular weight is 375 g/mol. The number of hydrogen-bond acceptors (Lipinski definition) is 6. The summed E-state index contributed by atoms with van der Waals surface area (Å²) >= 11 is 1.31. The van der Waals surface area contributed by atoms with Crippen LogP contribution in [0.3, 0.4) is 0 Å². The maximum atomic E-state index is 12.9. The number of carbonyl (C=O) groups is 5. The fraction of sp³-hybridized carbons (Fsp3) is 0.353. The summed E-state index contributed by atoms with van der Waals surface area (Å²) in [6, 6.07) is 3.94. The second-order valence-corrected chi connectivity index (χ2v) is 7.03. The van der Waals surface area contributed by atoms with Gasteiger partial charge >= 0.3 is 0 Å². The molecule has 2 N–H and O–H groups in total. The monoisotopic (exact) mass is 375 g/mol. The molecule has 0 bridgehead atoms. The summed E-state index contributed by atoms with van der Waals surface area (Å²) in [7, 11) is 1.55. The first-order chi connectivity index (χ1) is 12.4. The molecule has 0 aliphatic carbocycles. The Morgan fingerprint density at radius 3 is 2.73 bits per heavy atom. The highest BCUT2D eigenvalue weighted by molar-refractivity contribution is 7.99. The Bertz CT molecular complexity index is 823. The Labute approximate surface area is 153 Å². The lowest BCUT2D eigenvalue weighted by Gasteiger charge is -2.27. The molecule has 9 heteroatoms. The van der Waals surface area contributed by atoms with Gasteiger partial charge in [0, 0.05) is 30.5 Å². The van der Waals surface area contributed by atoms with Gasteiger partial charge in [0.15, 0.2) is 0 Å². The third-order valence-corrected chi connectivity index (χ3v) is 5.35. The van der Waals surface area contributed by atoms with Crippen LogP contribution in [0.4, 0.5) is 0 Å². The summed E-state index contributed by atoms with van der Waals surface area (Å²) in [4.78, 5) is 61.8. The first kappa shape index (κ1) is 18.1. The second-order valence-electron chi connectivity index (χ2n) is 5.90. The summed E-state index contributed by atoms with van der Waals surface area (Å²) in [6.07, 6.45) is 0.483. The molecule has 0 spiro atoms. The number of rotatable bonds is 5. The number of nitrogens with zero attached hydrogens (tertiary/aromatic N) is 1. The van der Waals surface area contributed by atoms with E-state index in [0.717, 1.165) is 4.90 Å². The first-order valence-electron chi connectivity index (χ1n) is 8.12. The molecule has 3 rings (SSSR count). The van der Waals surface area contributed by atoms with Gasteiger partial charge in [0.1, 0.15) is 6.04 Å². The number of imide groups is 2. The van der Waals surface area contributed by atoms with Gasteiger partial charge in [0.2, 0.25) is 17.7 Å². The molecule has 0 radical (unpaired) electrons. The smallest absolute Gasteiger partial charge is 0.263 e. The zero-order valence-electron chi connectivity index (χ0n) is 14.0. The van der Waals surface area contributed by atoms with Gasteiger partial charge in [0.05, 0.1) is 11.1 Å². The normalized spacial score (nSPS) is 19.4. The highest BCUT2D eigenvalue weighted by Gasteiger charge is 2.45. The number of carbonyl (C=O) groups excluding carboxylic acids is 5. The molecule has 1 fully saturated rings. The molecule has 26 heavy (non-hydrogen) atoms. The second kappa shape index (κ2) is 7.28. The number of thioether (sulfide) groups is 1. The molecule has 2 aliphatic rings. The van der Waals surface area contributed by atoms with E-state index in [9.17, 15) is 24.0 Å². The quantitative estimate of drug-likeness (QED) is 0.566. The third kappa shape index (κ3) is 3.22. The summed E-state index contributed by atoms with van der Waals surface area (Å²) < 4.78 is 0. The Balaban J connectivity index is 1.83. The van der Waals surface area contributed by atoms with E-state index in [1.54, 1.807) is 25.2 Å². The van der Waals surface area contributed by atoms with Gasteiger partial charge in [-0.2, -0.15) is 0 Å². The lowest BCUT2D eigenvalue weighted by molar-refractivity contribution is -0.136. The van der Waals surface area contributed by atoms with E-state index in [0.29, 0.717) is 10.6 Å². The van der Waals surface area contributed by atoms with Gasteiger partial charge in [-0.05, 0) is 18.6 Å². The van der Waals surface area contributed by atoms with Crippen molar-refractivity contribution in [2.75, 3.05) is 12.8 Å². The Hall–Kier alpha value is -2.68. The van der Waals surface area contributed by atoms with Crippen molar-refractivity contribution in [1.82, 2.24) is 15.5 Å². The van der Waals surface area contributed by atoms with Gasteiger partial charge in [-0.15, -0.1) is 11.8 Å². The van der Waals surface area contributed by atoms with Crippen LogP contribution in [0.15, 0.2) is 23.1 Å². The van der Waals surface area contributed by atoms with Crippen molar-refractivity contribution >= 4 is 41.3 Å². The molecular weight excluding hydrogens is 358 g/mol. The van der Waals surface area contributed by atoms with Gasteiger partial charge in [-0.25, -0.2) is 0 Å². The van der Waals surface area contributed by atoms with Crippen molar-refractivity contribution in [1.29, 1.82) is 0 Å². The lowest BCUT2D eigenvalue weighted by atomic mass is 10.0. The van der Waals surface area contributed by atoms with Crippen LogP contribution < -0.4 is 10.6 Å². The fourth-order valence-corrected chi connectivity index (χ4v) is 4.01. The van der Waals surface area contributed by atoms with E-state index < -0.39 is 29.7 Å². The maximum absolute atomic E-state index is 12.9. The van der Waals surface area contributed by atoms with Crippen molar-refractivity contribution in [3.8, 4) is 0 Å². The number of amides is 5. The van der Waals surface area contributed by atoms with Crippen LogP contribution in [0.5, 0.6) is 0 Å². The largest absolute Gasteiger partial charge is 0.359 e. The van der Waals surface area contributed by atoms with E-state index in [2.05, 4.69) is 10.6 Å². The summed E-state index contributed by atoms with van der Waals surface area (Å²) in [5, 5.41) is 4.69.